The second kappa shape index (κ2) is 4.29. The van der Waals surface area contributed by atoms with Gasteiger partial charge in [-0.15, -0.1) is 0 Å². The lowest BCUT2D eigenvalue weighted by Gasteiger charge is -2.10. The molecule has 5 heteroatoms. The van der Waals surface area contributed by atoms with Crippen molar-refractivity contribution in [2.45, 2.75) is 6.92 Å². The van der Waals surface area contributed by atoms with Gasteiger partial charge in [-0.05, 0) is 24.6 Å². The van der Waals surface area contributed by atoms with Gasteiger partial charge < -0.3 is 10.6 Å². The zero-order valence-corrected chi connectivity index (χ0v) is 9.78. The Hall–Kier alpha value is -0.930. The van der Waals surface area contributed by atoms with Crippen molar-refractivity contribution < 1.29 is 0 Å². The first-order valence-corrected chi connectivity index (χ1v) is 5.44. The van der Waals surface area contributed by atoms with E-state index in [-0.39, 0.29) is 0 Å². The van der Waals surface area contributed by atoms with E-state index >= 15 is 0 Å². The van der Waals surface area contributed by atoms with Crippen LogP contribution < -0.4 is 10.6 Å². The second-order valence-electron chi connectivity index (χ2n) is 3.32. The SMILES string of the molecule is Cc1c(Cl)ccc(NC2=NCCN2)c1Cl. The second-order valence-corrected chi connectivity index (χ2v) is 4.10. The van der Waals surface area contributed by atoms with Gasteiger partial charge in [0.25, 0.3) is 0 Å². The summed E-state index contributed by atoms with van der Waals surface area (Å²) in [5, 5.41) is 7.55. The molecule has 0 spiro atoms. The molecular formula is C10H11Cl2N3. The molecule has 0 unspecified atom stereocenters. The van der Waals surface area contributed by atoms with Crippen molar-refractivity contribution in [1.29, 1.82) is 0 Å². The number of halogens is 2. The highest BCUT2D eigenvalue weighted by atomic mass is 35.5. The average molecular weight is 244 g/mol. The van der Waals surface area contributed by atoms with Gasteiger partial charge >= 0.3 is 0 Å². The van der Waals surface area contributed by atoms with Crippen molar-refractivity contribution in [2.24, 2.45) is 4.99 Å². The van der Waals surface area contributed by atoms with Crippen LogP contribution in [0.15, 0.2) is 17.1 Å². The van der Waals surface area contributed by atoms with Crippen LogP contribution in [0.5, 0.6) is 0 Å². The van der Waals surface area contributed by atoms with Gasteiger partial charge in [0.15, 0.2) is 5.96 Å². The molecule has 0 saturated carbocycles. The third-order valence-corrected chi connectivity index (χ3v) is 3.14. The predicted octanol–water partition coefficient (Wildman–Crippen LogP) is 2.67. The molecule has 0 aromatic heterocycles. The standard InChI is InChI=1S/C10H11Cl2N3/c1-6-7(11)2-3-8(9(6)12)15-10-13-4-5-14-10/h2-3H,4-5H2,1H3,(H2,13,14,15). The van der Waals surface area contributed by atoms with E-state index in [1.165, 1.54) is 0 Å². The van der Waals surface area contributed by atoms with Crippen LogP contribution in [0.2, 0.25) is 10.0 Å². The number of hydrogen-bond acceptors (Lipinski definition) is 3. The number of aliphatic imine (C=N–C) groups is 1. The summed E-state index contributed by atoms with van der Waals surface area (Å²) in [4.78, 5) is 4.23. The molecule has 0 fully saturated rings. The molecule has 0 aliphatic carbocycles. The highest BCUT2D eigenvalue weighted by molar-refractivity contribution is 6.38. The van der Waals surface area contributed by atoms with Crippen LogP contribution in [-0.2, 0) is 0 Å². The summed E-state index contributed by atoms with van der Waals surface area (Å²) < 4.78 is 0. The van der Waals surface area contributed by atoms with Gasteiger partial charge in [-0.1, -0.05) is 23.2 Å². The van der Waals surface area contributed by atoms with E-state index in [4.69, 9.17) is 23.2 Å². The molecule has 80 valence electrons. The van der Waals surface area contributed by atoms with Gasteiger partial charge in [0.2, 0.25) is 0 Å². The van der Waals surface area contributed by atoms with Crippen molar-refractivity contribution in [2.75, 3.05) is 18.4 Å². The molecular weight excluding hydrogens is 233 g/mol. The number of hydrogen-bond donors (Lipinski definition) is 2. The third-order valence-electron chi connectivity index (χ3n) is 2.25. The molecule has 1 aromatic carbocycles. The van der Waals surface area contributed by atoms with Crippen LogP contribution in [-0.4, -0.2) is 19.0 Å². The highest BCUT2D eigenvalue weighted by Gasteiger charge is 2.10. The molecule has 2 N–H and O–H groups in total. The lowest BCUT2D eigenvalue weighted by molar-refractivity contribution is 0.959. The maximum atomic E-state index is 6.15. The Morgan fingerprint density at radius 3 is 2.87 bits per heavy atom. The van der Waals surface area contributed by atoms with Gasteiger partial charge in [-0.3, -0.25) is 4.99 Å². The van der Waals surface area contributed by atoms with Crippen LogP contribution >= 0.6 is 23.2 Å². The Bertz CT molecular complexity index is 415. The lowest BCUT2D eigenvalue weighted by atomic mass is 10.2. The molecule has 1 heterocycles. The topological polar surface area (TPSA) is 36.4 Å². The van der Waals surface area contributed by atoms with Gasteiger partial charge in [0.05, 0.1) is 17.3 Å². The summed E-state index contributed by atoms with van der Waals surface area (Å²) in [7, 11) is 0. The largest absolute Gasteiger partial charge is 0.354 e. The molecule has 0 radical (unpaired) electrons. The minimum atomic E-state index is 0.638. The molecule has 3 nitrogen and oxygen atoms in total. The maximum Gasteiger partial charge on any atom is 0.195 e. The van der Waals surface area contributed by atoms with Crippen molar-refractivity contribution in [3.8, 4) is 0 Å². The first-order valence-electron chi connectivity index (χ1n) is 4.68. The molecule has 1 aliphatic rings. The molecule has 0 atom stereocenters. The zero-order valence-electron chi connectivity index (χ0n) is 8.27. The van der Waals surface area contributed by atoms with Gasteiger partial charge in [-0.2, -0.15) is 0 Å². The van der Waals surface area contributed by atoms with E-state index < -0.39 is 0 Å². The van der Waals surface area contributed by atoms with Gasteiger partial charge in [-0.25, -0.2) is 0 Å². The molecule has 0 bridgehead atoms. The number of rotatable bonds is 1. The van der Waals surface area contributed by atoms with Crippen LogP contribution in [0, 0.1) is 6.92 Å². The molecule has 1 aromatic rings. The molecule has 2 rings (SSSR count). The van der Waals surface area contributed by atoms with Crippen LogP contribution in [0.1, 0.15) is 5.56 Å². The fourth-order valence-electron chi connectivity index (χ4n) is 1.37. The lowest BCUT2D eigenvalue weighted by Crippen LogP contribution is -2.26. The quantitative estimate of drug-likeness (QED) is 0.796. The van der Waals surface area contributed by atoms with E-state index in [9.17, 15) is 0 Å². The van der Waals surface area contributed by atoms with Gasteiger partial charge in [0.1, 0.15) is 0 Å². The van der Waals surface area contributed by atoms with Crippen molar-refractivity contribution in [1.82, 2.24) is 5.32 Å². The highest BCUT2D eigenvalue weighted by Crippen LogP contribution is 2.30. The predicted molar refractivity (Wildman–Crippen MR) is 65.1 cm³/mol. The normalized spacial score (nSPS) is 14.7. The van der Waals surface area contributed by atoms with E-state index in [1.54, 1.807) is 0 Å². The number of nitrogens with zero attached hydrogens (tertiary/aromatic N) is 1. The van der Waals surface area contributed by atoms with E-state index in [2.05, 4.69) is 15.6 Å². The minimum Gasteiger partial charge on any atom is -0.354 e. The van der Waals surface area contributed by atoms with E-state index in [1.807, 2.05) is 19.1 Å². The average Bonchev–Trinajstić information content (AvgIpc) is 2.72. The molecule has 0 amide bonds. The van der Waals surface area contributed by atoms with E-state index in [0.29, 0.717) is 10.0 Å². The summed E-state index contributed by atoms with van der Waals surface area (Å²) in [6.07, 6.45) is 0. The molecule has 15 heavy (non-hydrogen) atoms. The number of guanidine groups is 1. The first-order chi connectivity index (χ1) is 7.18. The van der Waals surface area contributed by atoms with Gasteiger partial charge in [0, 0.05) is 11.6 Å². The summed E-state index contributed by atoms with van der Waals surface area (Å²) in [6, 6.07) is 3.67. The minimum absolute atomic E-state index is 0.638. The number of nitrogens with one attached hydrogen (secondary N) is 2. The first kappa shape index (κ1) is 10.6. The maximum absolute atomic E-state index is 6.15. The third kappa shape index (κ3) is 2.19. The Morgan fingerprint density at radius 1 is 1.40 bits per heavy atom. The van der Waals surface area contributed by atoms with Crippen molar-refractivity contribution in [3.05, 3.63) is 27.7 Å². The van der Waals surface area contributed by atoms with Crippen LogP contribution in [0.3, 0.4) is 0 Å². The summed E-state index contributed by atoms with van der Waals surface area (Å²) in [5.74, 6) is 0.763. The Kier molecular flexibility index (Phi) is 3.03. The summed E-state index contributed by atoms with van der Waals surface area (Å²) >= 11 is 12.1. The summed E-state index contributed by atoms with van der Waals surface area (Å²) in [6.45, 7) is 3.55. The van der Waals surface area contributed by atoms with Crippen molar-refractivity contribution in [3.63, 3.8) is 0 Å². The van der Waals surface area contributed by atoms with E-state index in [0.717, 1.165) is 30.3 Å². The number of anilines is 1. The summed E-state index contributed by atoms with van der Waals surface area (Å²) in [5.41, 5.74) is 1.70. The van der Waals surface area contributed by atoms with Crippen LogP contribution in [0.4, 0.5) is 5.69 Å². The molecule has 0 saturated heterocycles. The number of benzene rings is 1. The Balaban J connectivity index is 2.25. The zero-order chi connectivity index (χ0) is 10.8. The smallest absolute Gasteiger partial charge is 0.195 e. The van der Waals surface area contributed by atoms with Crippen molar-refractivity contribution >= 4 is 34.8 Å². The Labute approximate surface area is 98.5 Å². The Morgan fingerprint density at radius 2 is 2.20 bits per heavy atom. The molecule has 1 aliphatic heterocycles. The fourth-order valence-corrected chi connectivity index (χ4v) is 1.79. The monoisotopic (exact) mass is 243 g/mol. The van der Waals surface area contributed by atoms with Crippen LogP contribution in [0.25, 0.3) is 0 Å². The fraction of sp³-hybridized carbons (Fsp3) is 0.300.